The van der Waals surface area contributed by atoms with Gasteiger partial charge in [-0.15, -0.1) is 0 Å². The summed E-state index contributed by atoms with van der Waals surface area (Å²) < 4.78 is 7.59. The van der Waals surface area contributed by atoms with Crippen LogP contribution in [0.1, 0.15) is 11.6 Å². The standard InChI is InChI=1S/C16H8Br3ClN4O2/c17-7-4-8-12(9(18)5-7)23-15(26-14(8)25)16(22-6-11(19)24-16)13-10(20)2-1-3-21-13/h1-6,22,24H. The van der Waals surface area contributed by atoms with Gasteiger partial charge in [0.1, 0.15) is 5.69 Å². The van der Waals surface area contributed by atoms with Crippen LogP contribution in [-0.4, -0.2) is 9.97 Å². The number of hydrogen-bond acceptors (Lipinski definition) is 6. The SMILES string of the molecule is O=c1oc(C2(c3ncccc3Cl)NC=C(Br)N2)nc2c(Br)cc(Br)cc12. The van der Waals surface area contributed by atoms with Gasteiger partial charge in [0.2, 0.25) is 5.66 Å². The third-order valence-corrected chi connectivity index (χ3v) is 5.60. The van der Waals surface area contributed by atoms with E-state index in [1.807, 2.05) is 6.07 Å². The molecule has 1 aromatic carbocycles. The fourth-order valence-electron chi connectivity index (χ4n) is 2.69. The molecular formula is C16H8Br3ClN4O2. The van der Waals surface area contributed by atoms with Crippen molar-refractivity contribution in [3.8, 4) is 0 Å². The van der Waals surface area contributed by atoms with Gasteiger partial charge < -0.3 is 15.1 Å². The van der Waals surface area contributed by atoms with E-state index in [1.165, 1.54) is 0 Å². The maximum atomic E-state index is 12.6. The fourth-order valence-corrected chi connectivity index (χ4v) is 4.68. The first-order valence-corrected chi connectivity index (χ1v) is 9.99. The highest BCUT2D eigenvalue weighted by Gasteiger charge is 2.45. The highest BCUT2D eigenvalue weighted by atomic mass is 79.9. The molecule has 3 aromatic rings. The molecule has 4 rings (SSSR count). The summed E-state index contributed by atoms with van der Waals surface area (Å²) >= 11 is 16.5. The van der Waals surface area contributed by atoms with Gasteiger partial charge in [-0.1, -0.05) is 27.5 Å². The van der Waals surface area contributed by atoms with E-state index in [1.54, 1.807) is 30.6 Å². The summed E-state index contributed by atoms with van der Waals surface area (Å²) in [5, 5.41) is 7.03. The van der Waals surface area contributed by atoms with Crippen LogP contribution in [0.2, 0.25) is 5.02 Å². The Balaban J connectivity index is 2.02. The Morgan fingerprint density at radius 1 is 1.23 bits per heavy atom. The van der Waals surface area contributed by atoms with E-state index in [4.69, 9.17) is 16.0 Å². The normalized spacial score (nSPS) is 19.2. The molecule has 1 aliphatic heterocycles. The van der Waals surface area contributed by atoms with E-state index in [0.29, 0.717) is 30.7 Å². The Labute approximate surface area is 177 Å². The Hall–Kier alpha value is -1.42. The summed E-state index contributed by atoms with van der Waals surface area (Å²) in [6.45, 7) is 0. The third-order valence-electron chi connectivity index (χ3n) is 3.81. The first-order valence-electron chi connectivity index (χ1n) is 7.23. The van der Waals surface area contributed by atoms with Crippen molar-refractivity contribution >= 4 is 70.3 Å². The lowest BCUT2D eigenvalue weighted by atomic mass is 10.1. The lowest BCUT2D eigenvalue weighted by Gasteiger charge is -2.28. The predicted molar refractivity (Wildman–Crippen MR) is 109 cm³/mol. The van der Waals surface area contributed by atoms with Crippen molar-refractivity contribution in [1.82, 2.24) is 20.6 Å². The number of rotatable bonds is 2. The molecule has 3 heterocycles. The Bertz CT molecular complexity index is 1130. The molecule has 1 aliphatic rings. The molecule has 0 aliphatic carbocycles. The molecule has 10 heteroatoms. The second-order valence-electron chi connectivity index (χ2n) is 5.44. The first-order chi connectivity index (χ1) is 12.4. The van der Waals surface area contributed by atoms with Crippen LogP contribution in [0.15, 0.2) is 59.4 Å². The van der Waals surface area contributed by atoms with Gasteiger partial charge in [0, 0.05) is 21.3 Å². The van der Waals surface area contributed by atoms with Crippen molar-refractivity contribution in [2.24, 2.45) is 0 Å². The Morgan fingerprint density at radius 3 is 2.73 bits per heavy atom. The second kappa shape index (κ2) is 6.63. The minimum Gasteiger partial charge on any atom is -0.403 e. The van der Waals surface area contributed by atoms with E-state index in [-0.39, 0.29) is 5.89 Å². The summed E-state index contributed by atoms with van der Waals surface area (Å²) in [5.74, 6) is 0.0873. The number of pyridine rings is 1. The minimum absolute atomic E-state index is 0.0873. The van der Waals surface area contributed by atoms with E-state index in [9.17, 15) is 4.79 Å². The number of hydrogen-bond donors (Lipinski definition) is 2. The summed E-state index contributed by atoms with van der Waals surface area (Å²) in [6, 6.07) is 6.89. The summed E-state index contributed by atoms with van der Waals surface area (Å²) in [7, 11) is 0. The minimum atomic E-state index is -1.23. The van der Waals surface area contributed by atoms with Gasteiger partial charge in [-0.2, -0.15) is 0 Å². The molecular weight excluding hydrogens is 555 g/mol. The number of nitrogens with zero attached hydrogens (tertiary/aromatic N) is 2. The molecule has 0 radical (unpaired) electrons. The fraction of sp³-hybridized carbons (Fsp3) is 0.0625. The van der Waals surface area contributed by atoms with Crippen LogP contribution in [0.4, 0.5) is 0 Å². The molecule has 6 nitrogen and oxygen atoms in total. The third kappa shape index (κ3) is 2.87. The van der Waals surface area contributed by atoms with Gasteiger partial charge in [-0.05, 0) is 56.1 Å². The van der Waals surface area contributed by atoms with Crippen molar-refractivity contribution in [2.75, 3.05) is 0 Å². The smallest absolute Gasteiger partial charge is 0.347 e. The topological polar surface area (TPSA) is 80.0 Å². The molecule has 132 valence electrons. The van der Waals surface area contributed by atoms with E-state index in [2.05, 4.69) is 68.4 Å². The largest absolute Gasteiger partial charge is 0.403 e. The molecule has 1 unspecified atom stereocenters. The molecule has 0 amide bonds. The number of benzene rings is 1. The molecule has 0 saturated heterocycles. The molecule has 2 N–H and O–H groups in total. The summed E-state index contributed by atoms with van der Waals surface area (Å²) in [4.78, 5) is 21.5. The Morgan fingerprint density at radius 2 is 2.04 bits per heavy atom. The number of fused-ring (bicyclic) bond motifs is 1. The molecule has 1 atom stereocenters. The predicted octanol–water partition coefficient (Wildman–Crippen LogP) is 4.35. The van der Waals surface area contributed by atoms with Crippen LogP contribution in [0.3, 0.4) is 0 Å². The molecule has 26 heavy (non-hydrogen) atoms. The quantitative estimate of drug-likeness (QED) is 0.452. The number of aromatic nitrogens is 2. The highest BCUT2D eigenvalue weighted by molar-refractivity contribution is 9.11. The van der Waals surface area contributed by atoms with Crippen LogP contribution in [0.5, 0.6) is 0 Å². The van der Waals surface area contributed by atoms with Gasteiger partial charge in [0.05, 0.1) is 20.5 Å². The van der Waals surface area contributed by atoms with Crippen molar-refractivity contribution in [3.05, 3.63) is 77.2 Å². The maximum absolute atomic E-state index is 12.6. The van der Waals surface area contributed by atoms with Gasteiger partial charge in [-0.3, -0.25) is 4.98 Å². The monoisotopic (exact) mass is 560 g/mol. The van der Waals surface area contributed by atoms with Crippen LogP contribution in [0, 0.1) is 0 Å². The Kier molecular flexibility index (Phi) is 4.58. The van der Waals surface area contributed by atoms with Gasteiger partial charge in [0.15, 0.2) is 0 Å². The molecule has 0 bridgehead atoms. The average Bonchev–Trinajstić information content (AvgIpc) is 2.99. The molecule has 0 fully saturated rings. The van der Waals surface area contributed by atoms with Gasteiger partial charge >= 0.3 is 5.63 Å². The number of halogens is 4. The van der Waals surface area contributed by atoms with Crippen molar-refractivity contribution < 1.29 is 4.42 Å². The maximum Gasteiger partial charge on any atom is 0.347 e. The van der Waals surface area contributed by atoms with E-state index < -0.39 is 11.3 Å². The zero-order valence-electron chi connectivity index (χ0n) is 12.7. The lowest BCUT2D eigenvalue weighted by Crippen LogP contribution is -2.49. The lowest BCUT2D eigenvalue weighted by molar-refractivity contribution is 0.296. The summed E-state index contributed by atoms with van der Waals surface area (Å²) in [5.41, 5.74) is -0.852. The van der Waals surface area contributed by atoms with Crippen molar-refractivity contribution in [1.29, 1.82) is 0 Å². The zero-order valence-corrected chi connectivity index (χ0v) is 18.2. The van der Waals surface area contributed by atoms with E-state index in [0.717, 1.165) is 4.47 Å². The molecule has 0 spiro atoms. The van der Waals surface area contributed by atoms with E-state index >= 15 is 0 Å². The first kappa shape index (κ1) is 18.0. The van der Waals surface area contributed by atoms with Gasteiger partial charge in [0.25, 0.3) is 5.89 Å². The number of nitrogens with one attached hydrogen (secondary N) is 2. The van der Waals surface area contributed by atoms with Crippen LogP contribution < -0.4 is 16.3 Å². The zero-order chi connectivity index (χ0) is 18.5. The van der Waals surface area contributed by atoms with Gasteiger partial charge in [-0.25, -0.2) is 9.78 Å². The molecule has 0 saturated carbocycles. The second-order valence-corrected chi connectivity index (χ2v) is 8.47. The highest BCUT2D eigenvalue weighted by Crippen LogP contribution is 2.35. The van der Waals surface area contributed by atoms with Crippen molar-refractivity contribution in [2.45, 2.75) is 5.66 Å². The van der Waals surface area contributed by atoms with Crippen LogP contribution >= 0.6 is 59.4 Å². The van der Waals surface area contributed by atoms with Crippen LogP contribution in [-0.2, 0) is 5.66 Å². The van der Waals surface area contributed by atoms with Crippen LogP contribution in [0.25, 0.3) is 10.9 Å². The average molecular weight is 563 g/mol. The molecule has 2 aromatic heterocycles. The summed E-state index contributed by atoms with van der Waals surface area (Å²) in [6.07, 6.45) is 3.28. The van der Waals surface area contributed by atoms with Crippen molar-refractivity contribution in [3.63, 3.8) is 0 Å².